The van der Waals surface area contributed by atoms with E-state index in [1.54, 1.807) is 18.2 Å². The molecule has 2 aromatic rings. The van der Waals surface area contributed by atoms with Crippen LogP contribution in [0.25, 0.3) is 0 Å². The number of hydrogen-bond acceptors (Lipinski definition) is 5. The minimum Gasteiger partial charge on any atom is -0.488 e. The lowest BCUT2D eigenvalue weighted by molar-refractivity contribution is 0.0401. The summed E-state index contributed by atoms with van der Waals surface area (Å²) >= 11 is 0. The van der Waals surface area contributed by atoms with Gasteiger partial charge in [0.25, 0.3) is 0 Å². The molecule has 1 unspecified atom stereocenters. The van der Waals surface area contributed by atoms with Gasteiger partial charge in [0.05, 0.1) is 16.5 Å². The minimum absolute atomic E-state index is 0.0396. The van der Waals surface area contributed by atoms with Gasteiger partial charge in [-0.05, 0) is 50.1 Å². The van der Waals surface area contributed by atoms with Crippen LogP contribution in [0, 0.1) is 11.6 Å². The van der Waals surface area contributed by atoms with E-state index >= 15 is 4.39 Å². The maximum atomic E-state index is 15.1. The Morgan fingerprint density at radius 1 is 1.14 bits per heavy atom. The SMILES string of the molecule is O=S(=O)(c1ccccc1)[C@@]12CCCN(CCCO)C1COc1c(F)ccc(F)c12. The van der Waals surface area contributed by atoms with Crippen molar-refractivity contribution in [2.24, 2.45) is 0 Å². The lowest BCUT2D eigenvalue weighted by atomic mass is 9.80. The second-order valence-corrected chi connectivity index (χ2v) is 9.69. The van der Waals surface area contributed by atoms with Crippen molar-refractivity contribution in [2.75, 3.05) is 26.3 Å². The molecule has 0 saturated carbocycles. The number of nitrogens with zero attached hydrogens (tertiary/aromatic N) is 1. The van der Waals surface area contributed by atoms with Crippen molar-refractivity contribution in [1.29, 1.82) is 0 Å². The van der Waals surface area contributed by atoms with Crippen LogP contribution in [0.4, 0.5) is 8.78 Å². The average molecular weight is 423 g/mol. The summed E-state index contributed by atoms with van der Waals surface area (Å²) in [6.07, 6.45) is 1.13. The van der Waals surface area contributed by atoms with Gasteiger partial charge < -0.3 is 9.84 Å². The maximum absolute atomic E-state index is 15.1. The van der Waals surface area contributed by atoms with E-state index in [1.807, 2.05) is 4.90 Å². The third-order valence-corrected chi connectivity index (χ3v) is 8.51. The van der Waals surface area contributed by atoms with Gasteiger partial charge in [0, 0.05) is 13.2 Å². The second kappa shape index (κ2) is 7.66. The number of fused-ring (bicyclic) bond motifs is 3. The number of benzene rings is 2. The largest absolute Gasteiger partial charge is 0.488 e. The minimum atomic E-state index is -4.09. The fraction of sp³-hybridized carbons (Fsp3) is 0.429. The monoisotopic (exact) mass is 423 g/mol. The van der Waals surface area contributed by atoms with E-state index in [2.05, 4.69) is 0 Å². The van der Waals surface area contributed by atoms with Gasteiger partial charge in [-0.25, -0.2) is 17.2 Å². The van der Waals surface area contributed by atoms with Gasteiger partial charge >= 0.3 is 0 Å². The van der Waals surface area contributed by atoms with Crippen LogP contribution in [0.15, 0.2) is 47.4 Å². The Hall–Kier alpha value is -2.03. The van der Waals surface area contributed by atoms with Crippen molar-refractivity contribution < 1.29 is 27.0 Å². The van der Waals surface area contributed by atoms with Gasteiger partial charge in [0.15, 0.2) is 21.4 Å². The zero-order chi connectivity index (χ0) is 20.6. The highest BCUT2D eigenvalue weighted by molar-refractivity contribution is 7.92. The van der Waals surface area contributed by atoms with Crippen molar-refractivity contribution >= 4 is 9.84 Å². The zero-order valence-corrected chi connectivity index (χ0v) is 16.7. The molecule has 0 amide bonds. The van der Waals surface area contributed by atoms with Gasteiger partial charge in [-0.2, -0.15) is 0 Å². The first kappa shape index (κ1) is 20.3. The third-order valence-electron chi connectivity index (χ3n) is 5.98. The van der Waals surface area contributed by atoms with Crippen LogP contribution in [-0.4, -0.2) is 50.8 Å². The molecule has 2 aromatic carbocycles. The van der Waals surface area contributed by atoms with Gasteiger partial charge in [0.2, 0.25) is 0 Å². The normalized spacial score (nSPS) is 24.4. The Balaban J connectivity index is 1.98. The molecule has 0 radical (unpaired) electrons. The van der Waals surface area contributed by atoms with E-state index in [1.165, 1.54) is 12.1 Å². The quantitative estimate of drug-likeness (QED) is 0.801. The fourth-order valence-electron chi connectivity index (χ4n) is 4.72. The smallest absolute Gasteiger partial charge is 0.190 e. The summed E-state index contributed by atoms with van der Waals surface area (Å²) in [5, 5.41) is 9.25. The highest BCUT2D eigenvalue weighted by atomic mass is 32.2. The van der Waals surface area contributed by atoms with Crippen LogP contribution in [0.5, 0.6) is 5.75 Å². The number of rotatable bonds is 5. The van der Waals surface area contributed by atoms with Crippen LogP contribution in [-0.2, 0) is 14.6 Å². The maximum Gasteiger partial charge on any atom is 0.190 e. The molecule has 0 aliphatic carbocycles. The third kappa shape index (κ3) is 3.05. The van der Waals surface area contributed by atoms with E-state index in [-0.39, 0.29) is 35.8 Å². The molecular weight excluding hydrogens is 400 g/mol. The van der Waals surface area contributed by atoms with E-state index in [0.29, 0.717) is 25.9 Å². The van der Waals surface area contributed by atoms with Crippen molar-refractivity contribution in [3.8, 4) is 5.75 Å². The number of ether oxygens (including phenoxy) is 1. The Morgan fingerprint density at radius 2 is 1.86 bits per heavy atom. The number of hydrogen-bond donors (Lipinski definition) is 1. The topological polar surface area (TPSA) is 66.8 Å². The molecule has 2 heterocycles. The average Bonchev–Trinajstić information content (AvgIpc) is 2.74. The highest BCUT2D eigenvalue weighted by Gasteiger charge is 2.60. The molecule has 0 bridgehead atoms. The number of aliphatic hydroxyl groups is 1. The molecule has 4 rings (SSSR count). The Bertz CT molecular complexity index is 999. The molecule has 156 valence electrons. The van der Waals surface area contributed by atoms with E-state index in [0.717, 1.165) is 12.1 Å². The van der Waals surface area contributed by atoms with Gasteiger partial charge in [-0.15, -0.1) is 0 Å². The lowest BCUT2D eigenvalue weighted by Gasteiger charge is -2.52. The Morgan fingerprint density at radius 3 is 2.59 bits per heavy atom. The van der Waals surface area contributed by atoms with Crippen LogP contribution in [0.2, 0.25) is 0 Å². The summed E-state index contributed by atoms with van der Waals surface area (Å²) in [7, 11) is -4.09. The molecular formula is C21H23F2NO4S. The lowest BCUT2D eigenvalue weighted by Crippen LogP contribution is -2.63. The van der Waals surface area contributed by atoms with E-state index in [9.17, 15) is 17.9 Å². The van der Waals surface area contributed by atoms with Crippen LogP contribution >= 0.6 is 0 Å². The molecule has 0 spiro atoms. The molecule has 29 heavy (non-hydrogen) atoms. The zero-order valence-electron chi connectivity index (χ0n) is 15.9. The predicted molar refractivity (Wildman–Crippen MR) is 103 cm³/mol. The first-order chi connectivity index (χ1) is 13.9. The standard InChI is InChI=1S/C21H23F2NO4S/c22-16-8-9-17(23)20-19(16)21(29(26,27)15-6-2-1-3-7-15)10-4-11-24(12-5-13-25)18(21)14-28-20/h1-3,6-9,18,25H,4-5,10-14H2/t18?,21-/m0/s1. The van der Waals surface area contributed by atoms with Crippen LogP contribution in [0.3, 0.4) is 0 Å². The molecule has 1 saturated heterocycles. The number of halogens is 2. The molecule has 1 fully saturated rings. The van der Waals surface area contributed by atoms with E-state index < -0.39 is 32.3 Å². The van der Waals surface area contributed by atoms with Crippen LogP contribution in [0.1, 0.15) is 24.8 Å². The number of aliphatic hydroxyl groups excluding tert-OH is 1. The Kier molecular flexibility index (Phi) is 5.35. The molecule has 5 nitrogen and oxygen atoms in total. The number of sulfone groups is 1. The van der Waals surface area contributed by atoms with Gasteiger partial charge in [-0.3, -0.25) is 4.90 Å². The van der Waals surface area contributed by atoms with Crippen molar-refractivity contribution in [3.05, 3.63) is 59.7 Å². The van der Waals surface area contributed by atoms with Gasteiger partial charge in [0.1, 0.15) is 17.2 Å². The molecule has 2 atom stereocenters. The van der Waals surface area contributed by atoms with E-state index in [4.69, 9.17) is 4.74 Å². The van der Waals surface area contributed by atoms with Crippen LogP contribution < -0.4 is 4.74 Å². The molecule has 2 aliphatic rings. The molecule has 2 aliphatic heterocycles. The summed E-state index contributed by atoms with van der Waals surface area (Å²) in [6.45, 7) is 0.947. The van der Waals surface area contributed by atoms with Crippen molar-refractivity contribution in [1.82, 2.24) is 4.90 Å². The Labute approximate surface area is 168 Å². The molecule has 0 aromatic heterocycles. The predicted octanol–water partition coefficient (Wildman–Crippen LogP) is 2.87. The van der Waals surface area contributed by atoms with Crippen molar-refractivity contribution in [3.63, 3.8) is 0 Å². The van der Waals surface area contributed by atoms with Crippen molar-refractivity contribution in [2.45, 2.75) is 34.9 Å². The number of likely N-dealkylation sites (tertiary alicyclic amines) is 1. The number of piperidine rings is 1. The summed E-state index contributed by atoms with van der Waals surface area (Å²) in [4.78, 5) is 2.00. The fourth-order valence-corrected chi connectivity index (χ4v) is 7.11. The second-order valence-electron chi connectivity index (χ2n) is 7.48. The summed E-state index contributed by atoms with van der Waals surface area (Å²) in [6, 6.07) is 9.16. The van der Waals surface area contributed by atoms with Gasteiger partial charge in [-0.1, -0.05) is 18.2 Å². The summed E-state index contributed by atoms with van der Waals surface area (Å²) in [5.41, 5.74) is -0.216. The summed E-state index contributed by atoms with van der Waals surface area (Å²) in [5.74, 6) is -1.87. The first-order valence-corrected chi connectivity index (χ1v) is 11.2. The molecule has 8 heteroatoms. The highest BCUT2D eigenvalue weighted by Crippen LogP contribution is 2.53. The molecule has 1 N–H and O–H groups in total. The first-order valence-electron chi connectivity index (χ1n) is 9.69. The summed E-state index contributed by atoms with van der Waals surface area (Å²) < 4.78 is 61.5.